The van der Waals surface area contributed by atoms with Crippen molar-refractivity contribution in [2.75, 3.05) is 6.61 Å². The lowest BCUT2D eigenvalue weighted by Gasteiger charge is -2.29. The second-order valence-electron chi connectivity index (χ2n) is 5.21. The molecule has 2 aromatic rings. The van der Waals surface area contributed by atoms with Gasteiger partial charge in [0.05, 0.1) is 18.3 Å². The minimum atomic E-state index is 0.0960. The normalized spacial score (nSPS) is 19.2. The number of aryl methyl sites for hydroxylation is 1. The molecule has 2 heterocycles. The van der Waals surface area contributed by atoms with Crippen molar-refractivity contribution in [1.29, 1.82) is 0 Å². The summed E-state index contributed by atoms with van der Waals surface area (Å²) in [6.45, 7) is 0.768. The van der Waals surface area contributed by atoms with E-state index in [9.17, 15) is 0 Å². The van der Waals surface area contributed by atoms with Crippen LogP contribution >= 0.6 is 0 Å². The Morgan fingerprint density at radius 2 is 2.30 bits per heavy atom. The van der Waals surface area contributed by atoms with E-state index in [1.165, 1.54) is 5.56 Å². The first kappa shape index (κ1) is 13.1. The number of para-hydroxylation sites is 1. The topological polar surface area (TPSA) is 65.1 Å². The molecule has 0 radical (unpaired) electrons. The van der Waals surface area contributed by atoms with Gasteiger partial charge in [-0.1, -0.05) is 18.2 Å². The quantitative estimate of drug-likeness (QED) is 0.659. The summed E-state index contributed by atoms with van der Waals surface area (Å²) in [7, 11) is 1.94. The van der Waals surface area contributed by atoms with Gasteiger partial charge in [0.15, 0.2) is 0 Å². The Bertz CT molecular complexity index is 581. The number of nitrogens with zero attached hydrogens (tertiary/aromatic N) is 2. The third-order valence-electron chi connectivity index (χ3n) is 4.02. The zero-order valence-electron chi connectivity index (χ0n) is 11.6. The molecule has 2 unspecified atom stereocenters. The van der Waals surface area contributed by atoms with Crippen LogP contribution in [0.5, 0.6) is 5.75 Å². The minimum absolute atomic E-state index is 0.0960. The van der Waals surface area contributed by atoms with Crippen LogP contribution in [0.2, 0.25) is 0 Å². The maximum atomic E-state index is 5.75. The van der Waals surface area contributed by atoms with Crippen molar-refractivity contribution in [3.8, 4) is 5.75 Å². The zero-order chi connectivity index (χ0) is 13.9. The van der Waals surface area contributed by atoms with Gasteiger partial charge in [0.25, 0.3) is 0 Å². The van der Waals surface area contributed by atoms with Crippen LogP contribution in [0.3, 0.4) is 0 Å². The summed E-state index contributed by atoms with van der Waals surface area (Å²) in [4.78, 5) is 0. The highest BCUT2D eigenvalue weighted by Gasteiger charge is 2.25. The molecule has 2 atom stereocenters. The van der Waals surface area contributed by atoms with Crippen molar-refractivity contribution in [2.24, 2.45) is 12.9 Å². The summed E-state index contributed by atoms with van der Waals surface area (Å²) in [6, 6.07) is 10.4. The average molecular weight is 272 g/mol. The molecule has 1 aliphatic heterocycles. The van der Waals surface area contributed by atoms with Crippen molar-refractivity contribution in [3.63, 3.8) is 0 Å². The van der Waals surface area contributed by atoms with E-state index in [0.29, 0.717) is 5.92 Å². The van der Waals surface area contributed by atoms with Gasteiger partial charge in [-0.25, -0.2) is 0 Å². The Morgan fingerprint density at radius 3 is 3.05 bits per heavy atom. The average Bonchev–Trinajstić information content (AvgIpc) is 2.91. The van der Waals surface area contributed by atoms with E-state index in [4.69, 9.17) is 10.6 Å². The minimum Gasteiger partial charge on any atom is -0.493 e. The van der Waals surface area contributed by atoms with Crippen molar-refractivity contribution >= 4 is 0 Å². The molecule has 0 saturated heterocycles. The molecule has 0 saturated carbocycles. The van der Waals surface area contributed by atoms with E-state index in [1.54, 1.807) is 6.20 Å². The molecule has 20 heavy (non-hydrogen) atoms. The molecule has 1 aromatic heterocycles. The smallest absolute Gasteiger partial charge is 0.122 e. The summed E-state index contributed by atoms with van der Waals surface area (Å²) in [6.07, 6.45) is 3.76. The highest BCUT2D eigenvalue weighted by molar-refractivity contribution is 5.38. The van der Waals surface area contributed by atoms with E-state index >= 15 is 0 Å². The predicted molar refractivity (Wildman–Crippen MR) is 77.2 cm³/mol. The fourth-order valence-corrected chi connectivity index (χ4v) is 2.95. The zero-order valence-corrected chi connectivity index (χ0v) is 11.6. The van der Waals surface area contributed by atoms with Crippen LogP contribution in [0.1, 0.15) is 36.1 Å². The first-order valence-corrected chi connectivity index (χ1v) is 6.95. The van der Waals surface area contributed by atoms with Gasteiger partial charge < -0.3 is 4.74 Å². The Labute approximate surface area is 118 Å². The van der Waals surface area contributed by atoms with Crippen molar-refractivity contribution < 1.29 is 4.74 Å². The van der Waals surface area contributed by atoms with Gasteiger partial charge in [-0.3, -0.25) is 16.0 Å². The van der Waals surface area contributed by atoms with Crippen LogP contribution < -0.4 is 16.0 Å². The van der Waals surface area contributed by atoms with Gasteiger partial charge in [0, 0.05) is 13.2 Å². The number of hydrogen-bond acceptors (Lipinski definition) is 4. The predicted octanol–water partition coefficient (Wildman–Crippen LogP) is 1.88. The van der Waals surface area contributed by atoms with Gasteiger partial charge in [-0.2, -0.15) is 5.10 Å². The Hall–Kier alpha value is -1.85. The molecule has 0 spiro atoms. The third kappa shape index (κ3) is 2.42. The SMILES string of the molecule is Cn1nccc1C(CC1CCOc2ccccc21)NN. The van der Waals surface area contributed by atoms with Gasteiger partial charge in [0.2, 0.25) is 0 Å². The van der Waals surface area contributed by atoms with Crippen LogP contribution in [0, 0.1) is 0 Å². The summed E-state index contributed by atoms with van der Waals surface area (Å²) in [5.74, 6) is 7.21. The Morgan fingerprint density at radius 1 is 1.45 bits per heavy atom. The van der Waals surface area contributed by atoms with Crippen molar-refractivity contribution in [1.82, 2.24) is 15.2 Å². The Kier molecular flexibility index (Phi) is 3.71. The van der Waals surface area contributed by atoms with Crippen molar-refractivity contribution in [2.45, 2.75) is 24.8 Å². The molecule has 106 valence electrons. The summed E-state index contributed by atoms with van der Waals surface area (Å²) in [5.41, 5.74) is 5.31. The van der Waals surface area contributed by atoms with E-state index in [0.717, 1.165) is 30.9 Å². The first-order chi connectivity index (χ1) is 9.79. The van der Waals surface area contributed by atoms with Crippen LogP contribution in [-0.2, 0) is 7.05 Å². The first-order valence-electron chi connectivity index (χ1n) is 6.95. The third-order valence-corrected chi connectivity index (χ3v) is 4.02. The Balaban J connectivity index is 1.82. The number of ether oxygens (including phenoxy) is 1. The van der Waals surface area contributed by atoms with E-state index in [-0.39, 0.29) is 6.04 Å². The van der Waals surface area contributed by atoms with Crippen LogP contribution in [0.25, 0.3) is 0 Å². The molecule has 5 nitrogen and oxygen atoms in total. The number of aromatic nitrogens is 2. The standard InChI is InChI=1S/C15H20N4O/c1-19-14(6-8-17-19)13(18-16)10-11-7-9-20-15-5-3-2-4-12(11)15/h2-6,8,11,13,18H,7,9-10,16H2,1H3. The van der Waals surface area contributed by atoms with E-state index in [1.807, 2.05) is 29.9 Å². The lowest BCUT2D eigenvalue weighted by Crippen LogP contribution is -2.31. The fourth-order valence-electron chi connectivity index (χ4n) is 2.95. The van der Waals surface area contributed by atoms with Crippen LogP contribution in [0.4, 0.5) is 0 Å². The summed E-state index contributed by atoms with van der Waals surface area (Å²) in [5, 5.41) is 4.22. The molecule has 0 aliphatic carbocycles. The molecule has 1 aromatic carbocycles. The van der Waals surface area contributed by atoms with Gasteiger partial charge in [0.1, 0.15) is 5.75 Å². The van der Waals surface area contributed by atoms with E-state index in [2.05, 4.69) is 22.7 Å². The number of nitrogens with two attached hydrogens (primary N) is 1. The number of hydrazine groups is 1. The van der Waals surface area contributed by atoms with Gasteiger partial charge >= 0.3 is 0 Å². The summed E-state index contributed by atoms with van der Waals surface area (Å²) < 4.78 is 7.58. The lowest BCUT2D eigenvalue weighted by atomic mass is 9.87. The van der Waals surface area contributed by atoms with Crippen LogP contribution in [-0.4, -0.2) is 16.4 Å². The molecule has 3 rings (SSSR count). The van der Waals surface area contributed by atoms with Gasteiger partial charge in [-0.15, -0.1) is 0 Å². The molecule has 0 bridgehead atoms. The van der Waals surface area contributed by atoms with Crippen molar-refractivity contribution in [3.05, 3.63) is 47.8 Å². The number of rotatable bonds is 4. The number of benzene rings is 1. The molecule has 0 fully saturated rings. The highest BCUT2D eigenvalue weighted by Crippen LogP contribution is 2.38. The fraction of sp³-hybridized carbons (Fsp3) is 0.400. The second-order valence-corrected chi connectivity index (χ2v) is 5.21. The van der Waals surface area contributed by atoms with Crippen LogP contribution in [0.15, 0.2) is 36.5 Å². The molecular weight excluding hydrogens is 252 g/mol. The summed E-state index contributed by atoms with van der Waals surface area (Å²) >= 11 is 0. The lowest BCUT2D eigenvalue weighted by molar-refractivity contribution is 0.254. The highest BCUT2D eigenvalue weighted by atomic mass is 16.5. The number of nitrogens with one attached hydrogen (secondary N) is 1. The molecule has 5 heteroatoms. The maximum Gasteiger partial charge on any atom is 0.122 e. The van der Waals surface area contributed by atoms with Gasteiger partial charge in [-0.05, 0) is 36.5 Å². The second kappa shape index (κ2) is 5.64. The maximum absolute atomic E-state index is 5.75. The molecule has 0 amide bonds. The number of hydrogen-bond donors (Lipinski definition) is 2. The molecule has 1 aliphatic rings. The molecular formula is C15H20N4O. The molecule has 3 N–H and O–H groups in total. The van der Waals surface area contributed by atoms with E-state index < -0.39 is 0 Å². The number of fused-ring (bicyclic) bond motifs is 1. The largest absolute Gasteiger partial charge is 0.493 e. The monoisotopic (exact) mass is 272 g/mol.